The molecule has 0 aliphatic rings. The molecule has 4 nitrogen and oxygen atoms in total. The van der Waals surface area contributed by atoms with Crippen LogP contribution in [0.1, 0.15) is 0 Å². The Bertz CT molecular complexity index is 733. The lowest BCUT2D eigenvalue weighted by Crippen LogP contribution is -1.84. The minimum atomic E-state index is 0.460. The fourth-order valence-electron chi connectivity index (χ4n) is 2.17. The van der Waals surface area contributed by atoms with Gasteiger partial charge in [0.15, 0.2) is 5.76 Å². The van der Waals surface area contributed by atoms with E-state index in [1.807, 2.05) is 48.5 Å². The Labute approximate surface area is 133 Å². The van der Waals surface area contributed by atoms with Crippen LogP contribution in [0.4, 0.5) is 0 Å². The van der Waals surface area contributed by atoms with Crippen molar-refractivity contribution in [2.45, 2.75) is 0 Å². The van der Waals surface area contributed by atoms with E-state index in [0.717, 1.165) is 22.6 Å². The molecule has 112 valence electrons. The first-order valence-electron chi connectivity index (χ1n) is 6.67. The van der Waals surface area contributed by atoms with Crippen molar-refractivity contribution >= 4 is 11.6 Å². The van der Waals surface area contributed by atoms with Gasteiger partial charge in [0, 0.05) is 11.1 Å². The Morgan fingerprint density at radius 2 is 1.50 bits per heavy atom. The van der Waals surface area contributed by atoms with Crippen LogP contribution in [-0.4, -0.2) is 19.4 Å². The molecule has 2 aromatic carbocycles. The van der Waals surface area contributed by atoms with Gasteiger partial charge in [-0.05, 0) is 24.3 Å². The summed E-state index contributed by atoms with van der Waals surface area (Å²) in [7, 11) is 3.23. The van der Waals surface area contributed by atoms with Crippen molar-refractivity contribution in [3.63, 3.8) is 0 Å². The van der Waals surface area contributed by atoms with E-state index in [1.165, 1.54) is 0 Å². The first kappa shape index (κ1) is 14.5. The fraction of sp³-hybridized carbons (Fsp3) is 0.118. The van der Waals surface area contributed by atoms with Crippen LogP contribution in [0.5, 0.6) is 11.5 Å². The predicted octanol–water partition coefficient (Wildman–Crippen LogP) is 4.68. The second-order valence-electron chi connectivity index (χ2n) is 4.64. The average Bonchev–Trinajstić information content (AvgIpc) is 2.96. The molecule has 0 saturated heterocycles. The van der Waals surface area contributed by atoms with Crippen LogP contribution >= 0.6 is 11.6 Å². The molecule has 0 unspecified atom stereocenters. The summed E-state index contributed by atoms with van der Waals surface area (Å²) >= 11 is 6.45. The van der Waals surface area contributed by atoms with Gasteiger partial charge in [0.1, 0.15) is 22.2 Å². The van der Waals surface area contributed by atoms with Gasteiger partial charge in [-0.25, -0.2) is 0 Å². The standard InChI is InChI=1S/C17H14ClNO3/c1-20-13-7-3-5-11(9-13)16-15(18)17(22-19-16)12-6-4-8-14(10-12)21-2/h3-10H,1-2H3. The van der Waals surface area contributed by atoms with E-state index in [4.69, 9.17) is 25.6 Å². The second-order valence-corrected chi connectivity index (χ2v) is 5.02. The minimum Gasteiger partial charge on any atom is -0.497 e. The van der Waals surface area contributed by atoms with Gasteiger partial charge in [-0.15, -0.1) is 0 Å². The highest BCUT2D eigenvalue weighted by molar-refractivity contribution is 6.35. The number of methoxy groups -OCH3 is 2. The Hall–Kier alpha value is -2.46. The molecule has 0 atom stereocenters. The van der Waals surface area contributed by atoms with Crippen molar-refractivity contribution < 1.29 is 14.0 Å². The molecule has 0 N–H and O–H groups in total. The molecule has 0 aliphatic carbocycles. The zero-order chi connectivity index (χ0) is 15.5. The Morgan fingerprint density at radius 1 is 0.909 bits per heavy atom. The number of ether oxygens (including phenoxy) is 2. The van der Waals surface area contributed by atoms with E-state index >= 15 is 0 Å². The van der Waals surface area contributed by atoms with Crippen LogP contribution in [0.25, 0.3) is 22.6 Å². The Morgan fingerprint density at radius 3 is 2.14 bits per heavy atom. The number of nitrogens with zero attached hydrogens (tertiary/aromatic N) is 1. The van der Waals surface area contributed by atoms with E-state index in [-0.39, 0.29) is 0 Å². The molecule has 0 radical (unpaired) electrons. The van der Waals surface area contributed by atoms with Gasteiger partial charge in [0.05, 0.1) is 14.2 Å². The van der Waals surface area contributed by atoms with Crippen molar-refractivity contribution in [2.75, 3.05) is 14.2 Å². The van der Waals surface area contributed by atoms with E-state index in [9.17, 15) is 0 Å². The highest BCUT2D eigenvalue weighted by Crippen LogP contribution is 2.37. The van der Waals surface area contributed by atoms with Gasteiger partial charge >= 0.3 is 0 Å². The van der Waals surface area contributed by atoms with Crippen molar-refractivity contribution in [1.82, 2.24) is 5.16 Å². The molecule has 1 heterocycles. The van der Waals surface area contributed by atoms with Crippen LogP contribution in [0.2, 0.25) is 5.02 Å². The lowest BCUT2D eigenvalue weighted by atomic mass is 10.1. The second kappa shape index (κ2) is 6.12. The normalized spacial score (nSPS) is 10.5. The van der Waals surface area contributed by atoms with Crippen molar-refractivity contribution in [3.05, 3.63) is 53.6 Å². The Kier molecular flexibility index (Phi) is 4.02. The molecule has 3 aromatic rings. The van der Waals surface area contributed by atoms with Gasteiger partial charge < -0.3 is 14.0 Å². The average molecular weight is 316 g/mol. The van der Waals surface area contributed by atoms with Crippen molar-refractivity contribution in [2.24, 2.45) is 0 Å². The molecule has 3 rings (SSSR count). The van der Waals surface area contributed by atoms with Crippen molar-refractivity contribution in [1.29, 1.82) is 0 Å². The molecular formula is C17H14ClNO3. The van der Waals surface area contributed by atoms with Gasteiger partial charge in [-0.1, -0.05) is 41.0 Å². The van der Waals surface area contributed by atoms with Crippen molar-refractivity contribution in [3.8, 4) is 34.1 Å². The quantitative estimate of drug-likeness (QED) is 0.701. The highest BCUT2D eigenvalue weighted by Gasteiger charge is 2.18. The number of halogens is 1. The van der Waals surface area contributed by atoms with Crippen LogP contribution in [0.15, 0.2) is 53.1 Å². The molecule has 0 spiro atoms. The summed E-state index contributed by atoms with van der Waals surface area (Å²) < 4.78 is 15.9. The monoisotopic (exact) mass is 315 g/mol. The molecule has 0 saturated carbocycles. The number of benzene rings is 2. The molecule has 0 bridgehead atoms. The van der Waals surface area contributed by atoms with Gasteiger partial charge in [0.25, 0.3) is 0 Å². The molecular weight excluding hydrogens is 302 g/mol. The molecule has 0 fully saturated rings. The van der Waals surface area contributed by atoms with Crippen LogP contribution in [0, 0.1) is 0 Å². The summed E-state index contributed by atoms with van der Waals surface area (Å²) in [6.45, 7) is 0. The van der Waals surface area contributed by atoms with E-state index in [2.05, 4.69) is 5.16 Å². The third-order valence-electron chi connectivity index (χ3n) is 3.31. The predicted molar refractivity (Wildman–Crippen MR) is 85.5 cm³/mol. The number of aromatic nitrogens is 1. The zero-order valence-electron chi connectivity index (χ0n) is 12.2. The molecule has 0 aliphatic heterocycles. The van der Waals surface area contributed by atoms with Crippen LogP contribution in [-0.2, 0) is 0 Å². The highest BCUT2D eigenvalue weighted by atomic mass is 35.5. The van der Waals surface area contributed by atoms with E-state index in [1.54, 1.807) is 14.2 Å². The first-order chi connectivity index (χ1) is 10.7. The summed E-state index contributed by atoms with van der Waals surface area (Å²) in [5.41, 5.74) is 2.23. The summed E-state index contributed by atoms with van der Waals surface area (Å²) in [5.74, 6) is 1.98. The molecule has 1 aromatic heterocycles. The number of hydrogen-bond acceptors (Lipinski definition) is 4. The number of rotatable bonds is 4. The third kappa shape index (κ3) is 2.65. The molecule has 22 heavy (non-hydrogen) atoms. The van der Waals surface area contributed by atoms with Gasteiger partial charge in [-0.2, -0.15) is 0 Å². The van der Waals surface area contributed by atoms with Crippen LogP contribution in [0.3, 0.4) is 0 Å². The van der Waals surface area contributed by atoms with E-state index < -0.39 is 0 Å². The SMILES string of the molecule is COc1cccc(-c2noc(-c3cccc(OC)c3)c2Cl)c1. The first-order valence-corrected chi connectivity index (χ1v) is 7.04. The smallest absolute Gasteiger partial charge is 0.186 e. The minimum absolute atomic E-state index is 0.460. The summed E-state index contributed by atoms with van der Waals surface area (Å²) in [6.07, 6.45) is 0. The van der Waals surface area contributed by atoms with E-state index in [0.29, 0.717) is 16.5 Å². The van der Waals surface area contributed by atoms with Crippen LogP contribution < -0.4 is 9.47 Å². The lowest BCUT2D eigenvalue weighted by Gasteiger charge is -2.02. The molecule has 5 heteroatoms. The van der Waals surface area contributed by atoms with Gasteiger partial charge in [0.2, 0.25) is 0 Å². The molecule has 0 amide bonds. The Balaban J connectivity index is 2.04. The maximum Gasteiger partial charge on any atom is 0.186 e. The maximum atomic E-state index is 6.45. The fourth-order valence-corrected chi connectivity index (χ4v) is 2.46. The van der Waals surface area contributed by atoms with Gasteiger partial charge in [-0.3, -0.25) is 0 Å². The summed E-state index contributed by atoms with van der Waals surface area (Å²) in [5, 5.41) is 4.55. The largest absolute Gasteiger partial charge is 0.497 e. The summed E-state index contributed by atoms with van der Waals surface area (Å²) in [4.78, 5) is 0. The topological polar surface area (TPSA) is 44.5 Å². The maximum absolute atomic E-state index is 6.45. The number of hydrogen-bond donors (Lipinski definition) is 0. The third-order valence-corrected chi connectivity index (χ3v) is 3.66. The zero-order valence-corrected chi connectivity index (χ0v) is 12.9. The lowest BCUT2D eigenvalue weighted by molar-refractivity contribution is 0.413. The summed E-state index contributed by atoms with van der Waals surface area (Å²) in [6, 6.07) is 15.0.